The molecule has 0 aliphatic carbocycles. The van der Waals surface area contributed by atoms with Gasteiger partial charge in [-0.05, 0) is 57.4 Å². The number of carbonyl (C=O) groups excluding carboxylic acids is 1. The van der Waals surface area contributed by atoms with Gasteiger partial charge in [-0.15, -0.1) is 0 Å². The fraction of sp³-hybridized carbons (Fsp3) is 0.414. The van der Waals surface area contributed by atoms with Gasteiger partial charge in [0.2, 0.25) is 0 Å². The maximum absolute atomic E-state index is 13.6. The number of rotatable bonds is 7. The van der Waals surface area contributed by atoms with Gasteiger partial charge in [-0.2, -0.15) is 5.10 Å². The Hall–Kier alpha value is -3.53. The van der Waals surface area contributed by atoms with Crippen molar-refractivity contribution in [3.63, 3.8) is 0 Å². The minimum absolute atomic E-state index is 0.0918. The lowest BCUT2D eigenvalue weighted by atomic mass is 10.00. The molecule has 38 heavy (non-hydrogen) atoms. The number of piperidine rings is 1. The minimum Gasteiger partial charge on any atom is -0.395 e. The second-order valence-electron chi connectivity index (χ2n) is 10.1. The number of hydrogen-bond acceptors (Lipinski definition) is 7. The van der Waals surface area contributed by atoms with Crippen LogP contribution < -0.4 is 0 Å². The molecule has 3 aliphatic rings. The van der Waals surface area contributed by atoms with Crippen molar-refractivity contribution in [2.75, 3.05) is 39.4 Å². The number of likely N-dealkylation sites (tertiary alicyclic amines) is 1. The van der Waals surface area contributed by atoms with E-state index in [1.807, 2.05) is 62.0 Å². The first kappa shape index (κ1) is 26.1. The quantitative estimate of drug-likeness (QED) is 0.584. The highest BCUT2D eigenvalue weighted by Crippen LogP contribution is 2.31. The van der Waals surface area contributed by atoms with Crippen molar-refractivity contribution >= 4 is 17.0 Å². The number of amides is 1. The molecule has 9 nitrogen and oxygen atoms in total. The zero-order chi connectivity index (χ0) is 26.8. The number of fused-ring (bicyclic) bond motifs is 2. The number of aliphatic hydroxyl groups is 2. The number of carbonyl (C=O) groups is 1. The lowest BCUT2D eigenvalue weighted by molar-refractivity contribution is -0.122. The third-order valence-electron chi connectivity index (χ3n) is 7.51. The topological polar surface area (TPSA) is 97.4 Å². The van der Waals surface area contributed by atoms with Crippen LogP contribution in [0, 0.1) is 13.8 Å². The SMILES string of the molecule is CC1=CC(N2CCC(N(CCO)CCO)CC2)=CN2C(=O)/C=C(c3cc4c(C)nc(C)cn4n3)\C=C\C=C12. The average Bonchev–Trinajstić information content (AvgIpc) is 3.32. The summed E-state index contributed by atoms with van der Waals surface area (Å²) in [6.07, 6.45) is 15.4. The first-order valence-electron chi connectivity index (χ1n) is 13.3. The molecule has 0 spiro atoms. The highest BCUT2D eigenvalue weighted by atomic mass is 16.3. The summed E-state index contributed by atoms with van der Waals surface area (Å²) >= 11 is 0. The molecule has 5 heterocycles. The molecule has 1 amide bonds. The van der Waals surface area contributed by atoms with E-state index < -0.39 is 0 Å². The van der Waals surface area contributed by atoms with Crippen LogP contribution in [-0.4, -0.2) is 90.9 Å². The van der Waals surface area contributed by atoms with Crippen molar-refractivity contribution in [1.82, 2.24) is 29.3 Å². The summed E-state index contributed by atoms with van der Waals surface area (Å²) < 4.78 is 1.82. The summed E-state index contributed by atoms with van der Waals surface area (Å²) in [5.74, 6) is -0.115. The van der Waals surface area contributed by atoms with Gasteiger partial charge in [0, 0.05) is 50.1 Å². The molecule has 1 fully saturated rings. The smallest absolute Gasteiger partial charge is 0.255 e. The molecule has 2 N–H and O–H groups in total. The third kappa shape index (κ3) is 5.22. The number of hydrogen-bond donors (Lipinski definition) is 2. The van der Waals surface area contributed by atoms with E-state index in [-0.39, 0.29) is 19.1 Å². The first-order valence-corrected chi connectivity index (χ1v) is 13.3. The van der Waals surface area contributed by atoms with Crippen LogP contribution in [0.5, 0.6) is 0 Å². The molecule has 1 saturated heterocycles. The van der Waals surface area contributed by atoms with E-state index in [4.69, 9.17) is 5.10 Å². The van der Waals surface area contributed by atoms with Crippen LogP contribution in [0.15, 0.2) is 65.8 Å². The van der Waals surface area contributed by atoms with Crippen molar-refractivity contribution in [1.29, 1.82) is 0 Å². The van der Waals surface area contributed by atoms with Gasteiger partial charge in [0.1, 0.15) is 0 Å². The van der Waals surface area contributed by atoms with Crippen molar-refractivity contribution in [2.45, 2.75) is 39.7 Å². The molecule has 0 unspecified atom stereocenters. The Labute approximate surface area is 223 Å². The zero-order valence-corrected chi connectivity index (χ0v) is 22.3. The fourth-order valence-electron chi connectivity index (χ4n) is 5.60. The highest BCUT2D eigenvalue weighted by molar-refractivity contribution is 5.99. The van der Waals surface area contributed by atoms with Crippen LogP contribution in [0.2, 0.25) is 0 Å². The Morgan fingerprint density at radius 1 is 1.08 bits per heavy atom. The predicted octanol–water partition coefficient (Wildman–Crippen LogP) is 2.56. The molecular formula is C29H36N6O3. The summed E-state index contributed by atoms with van der Waals surface area (Å²) in [4.78, 5) is 24.3. The maximum Gasteiger partial charge on any atom is 0.255 e. The number of aliphatic hydroxyl groups excluding tert-OH is 2. The Balaban J connectivity index is 1.38. The van der Waals surface area contributed by atoms with E-state index in [1.54, 1.807) is 11.0 Å². The van der Waals surface area contributed by atoms with Gasteiger partial charge in [-0.25, -0.2) is 4.52 Å². The lowest BCUT2D eigenvalue weighted by Gasteiger charge is -2.41. The summed E-state index contributed by atoms with van der Waals surface area (Å²) in [7, 11) is 0. The van der Waals surface area contributed by atoms with Gasteiger partial charge in [0.15, 0.2) is 0 Å². The Morgan fingerprint density at radius 3 is 2.53 bits per heavy atom. The highest BCUT2D eigenvalue weighted by Gasteiger charge is 2.28. The molecule has 0 saturated carbocycles. The molecule has 0 atom stereocenters. The van der Waals surface area contributed by atoms with Crippen molar-refractivity contribution in [3.8, 4) is 0 Å². The lowest BCUT2D eigenvalue weighted by Crippen LogP contribution is -2.46. The summed E-state index contributed by atoms with van der Waals surface area (Å²) in [6.45, 7) is 8.98. The first-order chi connectivity index (χ1) is 18.4. The monoisotopic (exact) mass is 516 g/mol. The molecule has 0 aromatic carbocycles. The molecule has 3 aliphatic heterocycles. The number of allylic oxidation sites excluding steroid dienone is 6. The van der Waals surface area contributed by atoms with Gasteiger partial charge in [-0.1, -0.05) is 12.2 Å². The van der Waals surface area contributed by atoms with E-state index >= 15 is 0 Å². The molecule has 200 valence electrons. The Morgan fingerprint density at radius 2 is 1.82 bits per heavy atom. The summed E-state index contributed by atoms with van der Waals surface area (Å²) in [6, 6.07) is 2.31. The fourth-order valence-corrected chi connectivity index (χ4v) is 5.60. The van der Waals surface area contributed by atoms with Gasteiger partial charge >= 0.3 is 0 Å². The van der Waals surface area contributed by atoms with Crippen LogP contribution in [-0.2, 0) is 4.79 Å². The Kier molecular flexibility index (Phi) is 7.60. The summed E-state index contributed by atoms with van der Waals surface area (Å²) in [5.41, 5.74) is 7.11. The minimum atomic E-state index is -0.115. The average molecular weight is 517 g/mol. The molecule has 9 heteroatoms. The molecule has 2 aromatic rings. The van der Waals surface area contributed by atoms with Gasteiger partial charge in [-0.3, -0.25) is 19.6 Å². The van der Waals surface area contributed by atoms with Crippen LogP contribution >= 0.6 is 0 Å². The van der Waals surface area contributed by atoms with E-state index in [9.17, 15) is 15.0 Å². The van der Waals surface area contributed by atoms with Crippen molar-refractivity contribution < 1.29 is 15.0 Å². The molecule has 0 radical (unpaired) electrons. The third-order valence-corrected chi connectivity index (χ3v) is 7.51. The van der Waals surface area contributed by atoms with E-state index in [2.05, 4.69) is 20.9 Å². The van der Waals surface area contributed by atoms with Crippen LogP contribution in [0.4, 0.5) is 0 Å². The van der Waals surface area contributed by atoms with E-state index in [1.165, 1.54) is 0 Å². The van der Waals surface area contributed by atoms with Gasteiger partial charge < -0.3 is 15.1 Å². The Bertz CT molecular complexity index is 1370. The number of aromatic nitrogens is 3. The zero-order valence-electron chi connectivity index (χ0n) is 22.3. The van der Waals surface area contributed by atoms with E-state index in [0.717, 1.165) is 71.1 Å². The van der Waals surface area contributed by atoms with Crippen molar-refractivity contribution in [3.05, 3.63) is 82.9 Å². The predicted molar refractivity (Wildman–Crippen MR) is 147 cm³/mol. The van der Waals surface area contributed by atoms with Gasteiger partial charge in [0.05, 0.1) is 53.4 Å². The second-order valence-corrected chi connectivity index (χ2v) is 10.1. The van der Waals surface area contributed by atoms with E-state index in [0.29, 0.717) is 19.1 Å². The largest absolute Gasteiger partial charge is 0.395 e. The normalized spacial score (nSPS) is 20.9. The standard InChI is InChI=1S/C29H36N6O3/c1-20-15-25(32-9-7-24(8-10-32)33(11-13-36)12-14-37)19-34-27(20)6-4-5-23(16-29(34)38)26-17-28-22(3)30-21(2)18-35(28)31-26/h4-6,15-19,24,36-37H,7-14H2,1-3H3/b5-4+,23-16+,27-6?. The van der Waals surface area contributed by atoms with Crippen LogP contribution in [0.3, 0.4) is 0 Å². The molecular weight excluding hydrogens is 480 g/mol. The number of nitrogens with zero attached hydrogens (tertiary/aromatic N) is 6. The molecule has 5 rings (SSSR count). The maximum atomic E-state index is 13.6. The summed E-state index contributed by atoms with van der Waals surface area (Å²) in [5, 5.41) is 23.5. The van der Waals surface area contributed by atoms with Crippen molar-refractivity contribution in [2.24, 2.45) is 0 Å². The van der Waals surface area contributed by atoms with Crippen LogP contribution in [0.25, 0.3) is 11.1 Å². The molecule has 2 aromatic heterocycles. The van der Waals surface area contributed by atoms with Gasteiger partial charge in [0.25, 0.3) is 5.91 Å². The number of aryl methyl sites for hydroxylation is 2. The molecule has 0 bridgehead atoms. The second kappa shape index (κ2) is 11.1. The van der Waals surface area contributed by atoms with Crippen LogP contribution in [0.1, 0.15) is 36.8 Å².